The molecule has 4 nitrogen and oxygen atoms in total. The van der Waals surface area contributed by atoms with Crippen LogP contribution in [0.3, 0.4) is 0 Å². The molecular weight excluding hydrogens is 300 g/mol. The van der Waals surface area contributed by atoms with E-state index in [1.165, 1.54) is 0 Å². The third-order valence-electron chi connectivity index (χ3n) is 4.29. The lowest BCUT2D eigenvalue weighted by Gasteiger charge is -2.06. The normalized spacial score (nSPS) is 23.2. The van der Waals surface area contributed by atoms with Crippen molar-refractivity contribution in [2.24, 2.45) is 21.8 Å². The Morgan fingerprint density at radius 1 is 0.792 bits per heavy atom. The summed E-state index contributed by atoms with van der Waals surface area (Å²) in [6.07, 6.45) is 2.15. The van der Waals surface area contributed by atoms with Gasteiger partial charge in [-0.3, -0.25) is 0 Å². The standard InChI is InChI=1S/C20H28N2O2/c1-13(2)9-17-11-23-19(21-17)15-5-7-16(8-6-15)20-22-18(12-24-20)10-14(3)4/h5-8,13-14,17-18H,9-12H2,1-4H3/t17-,18-/m0/s1. The van der Waals surface area contributed by atoms with E-state index in [0.29, 0.717) is 37.1 Å². The van der Waals surface area contributed by atoms with E-state index in [0.717, 1.165) is 35.8 Å². The highest BCUT2D eigenvalue weighted by molar-refractivity contribution is 5.98. The van der Waals surface area contributed by atoms with E-state index in [1.54, 1.807) is 0 Å². The molecule has 0 unspecified atom stereocenters. The maximum Gasteiger partial charge on any atom is 0.216 e. The van der Waals surface area contributed by atoms with Crippen molar-refractivity contribution in [3.63, 3.8) is 0 Å². The average Bonchev–Trinajstić information content (AvgIpc) is 3.16. The fourth-order valence-electron chi connectivity index (χ4n) is 3.23. The van der Waals surface area contributed by atoms with Crippen LogP contribution in [0.4, 0.5) is 0 Å². The second kappa shape index (κ2) is 7.37. The molecule has 4 heteroatoms. The van der Waals surface area contributed by atoms with Gasteiger partial charge in [-0.1, -0.05) is 27.7 Å². The summed E-state index contributed by atoms with van der Waals surface area (Å²) in [5.41, 5.74) is 2.06. The molecule has 0 saturated carbocycles. The van der Waals surface area contributed by atoms with Crippen molar-refractivity contribution in [3.8, 4) is 0 Å². The number of aliphatic imine (C=N–C) groups is 2. The molecule has 0 radical (unpaired) electrons. The number of nitrogens with zero attached hydrogens (tertiary/aromatic N) is 2. The van der Waals surface area contributed by atoms with Crippen molar-refractivity contribution in [2.75, 3.05) is 13.2 Å². The Balaban J connectivity index is 1.66. The summed E-state index contributed by atoms with van der Waals surface area (Å²) in [7, 11) is 0. The number of hydrogen-bond acceptors (Lipinski definition) is 4. The smallest absolute Gasteiger partial charge is 0.216 e. The molecule has 2 heterocycles. The fraction of sp³-hybridized carbons (Fsp3) is 0.600. The molecule has 2 aliphatic rings. The molecule has 24 heavy (non-hydrogen) atoms. The van der Waals surface area contributed by atoms with Crippen molar-refractivity contribution < 1.29 is 9.47 Å². The topological polar surface area (TPSA) is 43.2 Å². The van der Waals surface area contributed by atoms with Gasteiger partial charge >= 0.3 is 0 Å². The summed E-state index contributed by atoms with van der Waals surface area (Å²) in [6, 6.07) is 8.78. The molecular formula is C20H28N2O2. The minimum absolute atomic E-state index is 0.291. The van der Waals surface area contributed by atoms with Crippen LogP contribution in [0.1, 0.15) is 51.7 Å². The van der Waals surface area contributed by atoms with Gasteiger partial charge in [-0.05, 0) is 48.9 Å². The molecule has 130 valence electrons. The molecule has 1 aromatic carbocycles. The van der Waals surface area contributed by atoms with E-state index < -0.39 is 0 Å². The first-order valence-corrected chi connectivity index (χ1v) is 9.03. The highest BCUT2D eigenvalue weighted by Crippen LogP contribution is 2.20. The molecule has 0 spiro atoms. The second-order valence-corrected chi connectivity index (χ2v) is 7.63. The lowest BCUT2D eigenvalue weighted by atomic mass is 10.1. The Bertz CT molecular complexity index is 562. The zero-order chi connectivity index (χ0) is 17.1. The summed E-state index contributed by atoms with van der Waals surface area (Å²) in [5.74, 6) is 2.80. The molecule has 0 aliphatic carbocycles. The summed E-state index contributed by atoms with van der Waals surface area (Å²) < 4.78 is 11.5. The first-order valence-electron chi connectivity index (χ1n) is 9.03. The van der Waals surface area contributed by atoms with Crippen molar-refractivity contribution >= 4 is 11.8 Å². The summed E-state index contributed by atoms with van der Waals surface area (Å²) in [4.78, 5) is 9.41. The van der Waals surface area contributed by atoms with Gasteiger partial charge in [0.1, 0.15) is 13.2 Å². The van der Waals surface area contributed by atoms with Crippen LogP contribution in [0.15, 0.2) is 34.3 Å². The Morgan fingerprint density at radius 2 is 1.17 bits per heavy atom. The number of ether oxygens (including phenoxy) is 2. The molecule has 0 aromatic heterocycles. The van der Waals surface area contributed by atoms with Crippen molar-refractivity contribution in [2.45, 2.75) is 52.6 Å². The van der Waals surface area contributed by atoms with Crippen LogP contribution < -0.4 is 0 Å². The number of rotatable bonds is 6. The van der Waals surface area contributed by atoms with Crippen molar-refractivity contribution in [1.29, 1.82) is 0 Å². The maximum atomic E-state index is 5.77. The Morgan fingerprint density at radius 3 is 1.50 bits per heavy atom. The molecule has 2 atom stereocenters. The van der Waals surface area contributed by atoms with Gasteiger partial charge in [0.25, 0.3) is 0 Å². The van der Waals surface area contributed by atoms with Crippen LogP contribution >= 0.6 is 0 Å². The minimum Gasteiger partial charge on any atom is -0.475 e. The van der Waals surface area contributed by atoms with Crippen molar-refractivity contribution in [1.82, 2.24) is 0 Å². The van der Waals surface area contributed by atoms with Gasteiger partial charge in [0.2, 0.25) is 11.8 Å². The number of hydrogen-bond donors (Lipinski definition) is 0. The van der Waals surface area contributed by atoms with Gasteiger partial charge in [0.05, 0.1) is 12.1 Å². The predicted octanol–water partition coefficient (Wildman–Crippen LogP) is 4.07. The lowest BCUT2D eigenvalue weighted by molar-refractivity contribution is 0.301. The summed E-state index contributed by atoms with van der Waals surface area (Å²) in [5, 5.41) is 0. The first kappa shape index (κ1) is 17.0. The third-order valence-corrected chi connectivity index (χ3v) is 4.29. The van der Waals surface area contributed by atoms with Crippen molar-refractivity contribution in [3.05, 3.63) is 35.4 Å². The van der Waals surface area contributed by atoms with E-state index in [2.05, 4.69) is 27.7 Å². The summed E-state index contributed by atoms with van der Waals surface area (Å²) in [6.45, 7) is 10.3. The molecule has 3 rings (SSSR count). The summed E-state index contributed by atoms with van der Waals surface area (Å²) >= 11 is 0. The maximum absolute atomic E-state index is 5.77. The number of benzene rings is 1. The van der Waals surface area contributed by atoms with Crippen LogP contribution in [0.5, 0.6) is 0 Å². The molecule has 0 N–H and O–H groups in total. The van der Waals surface area contributed by atoms with Gasteiger partial charge in [-0.15, -0.1) is 0 Å². The van der Waals surface area contributed by atoms with Gasteiger partial charge < -0.3 is 9.47 Å². The fourth-order valence-corrected chi connectivity index (χ4v) is 3.23. The average molecular weight is 328 g/mol. The zero-order valence-electron chi connectivity index (χ0n) is 15.2. The minimum atomic E-state index is 0.291. The van der Waals surface area contributed by atoms with E-state index in [9.17, 15) is 0 Å². The monoisotopic (exact) mass is 328 g/mol. The molecule has 0 fully saturated rings. The highest BCUT2D eigenvalue weighted by atomic mass is 16.5. The predicted molar refractivity (Wildman–Crippen MR) is 97.9 cm³/mol. The quantitative estimate of drug-likeness (QED) is 0.790. The van der Waals surface area contributed by atoms with Crippen LogP contribution in [-0.2, 0) is 9.47 Å². The Hall–Kier alpha value is -1.84. The second-order valence-electron chi connectivity index (χ2n) is 7.63. The molecule has 0 saturated heterocycles. The SMILES string of the molecule is CC(C)C[C@H]1COC(c2ccc(C3=N[C@@H](CC(C)C)CO3)cc2)=N1. The third kappa shape index (κ3) is 4.16. The first-order chi connectivity index (χ1) is 11.5. The van der Waals surface area contributed by atoms with Gasteiger partial charge in [-0.2, -0.15) is 0 Å². The highest BCUT2D eigenvalue weighted by Gasteiger charge is 2.23. The Kier molecular flexibility index (Phi) is 5.22. The Labute approximate surface area is 145 Å². The van der Waals surface area contributed by atoms with Crippen LogP contribution in [0, 0.1) is 11.8 Å². The molecule has 0 amide bonds. The zero-order valence-corrected chi connectivity index (χ0v) is 15.2. The molecule has 1 aromatic rings. The van der Waals surface area contributed by atoms with Crippen LogP contribution in [0.25, 0.3) is 0 Å². The van der Waals surface area contributed by atoms with E-state index in [4.69, 9.17) is 19.5 Å². The van der Waals surface area contributed by atoms with Crippen LogP contribution in [0.2, 0.25) is 0 Å². The van der Waals surface area contributed by atoms with E-state index in [1.807, 2.05) is 24.3 Å². The van der Waals surface area contributed by atoms with Gasteiger partial charge in [0, 0.05) is 11.1 Å². The van der Waals surface area contributed by atoms with E-state index >= 15 is 0 Å². The molecule has 2 aliphatic heterocycles. The van der Waals surface area contributed by atoms with Gasteiger partial charge in [0.15, 0.2) is 0 Å². The molecule has 0 bridgehead atoms. The van der Waals surface area contributed by atoms with E-state index in [-0.39, 0.29) is 0 Å². The van der Waals surface area contributed by atoms with Gasteiger partial charge in [-0.25, -0.2) is 9.98 Å². The largest absolute Gasteiger partial charge is 0.475 e. The lowest BCUT2D eigenvalue weighted by Crippen LogP contribution is -2.09. The van der Waals surface area contributed by atoms with Crippen LogP contribution in [-0.4, -0.2) is 37.1 Å².